The monoisotopic (exact) mass is 317 g/mol. The lowest BCUT2D eigenvalue weighted by Crippen LogP contribution is -1.98. The third-order valence-corrected chi connectivity index (χ3v) is 4.05. The summed E-state index contributed by atoms with van der Waals surface area (Å²) in [6, 6.07) is 6.55. The average molecular weight is 317 g/mol. The molecule has 0 saturated heterocycles. The largest absolute Gasteiger partial charge is 0.356 e. The smallest absolute Gasteiger partial charge is 0.205 e. The lowest BCUT2D eigenvalue weighted by atomic mass is 10.1. The van der Waals surface area contributed by atoms with Gasteiger partial charge in [0, 0.05) is 31.3 Å². The topological polar surface area (TPSA) is 55.6 Å². The number of nitrogens with one attached hydrogen (secondary N) is 1. The van der Waals surface area contributed by atoms with Crippen LogP contribution in [0.2, 0.25) is 0 Å². The molecule has 0 fully saturated rings. The minimum absolute atomic E-state index is 0.228. The van der Waals surface area contributed by atoms with Crippen LogP contribution in [0, 0.1) is 5.82 Å². The lowest BCUT2D eigenvalue weighted by molar-refractivity contribution is 0.626. The molecule has 0 bridgehead atoms. The molecule has 0 amide bonds. The van der Waals surface area contributed by atoms with Crippen LogP contribution in [-0.2, 0) is 19.5 Å². The van der Waals surface area contributed by atoms with E-state index in [0.29, 0.717) is 13.0 Å². The Bertz CT molecular complexity index is 752. The highest BCUT2D eigenvalue weighted by molar-refractivity contribution is 7.15. The molecular formula is C15H16FN5S. The van der Waals surface area contributed by atoms with Crippen molar-refractivity contribution in [3.05, 3.63) is 58.6 Å². The minimum Gasteiger partial charge on any atom is -0.356 e. The van der Waals surface area contributed by atoms with Crippen molar-refractivity contribution >= 4 is 16.5 Å². The molecule has 0 radical (unpaired) electrons. The number of hydrogen-bond acceptors (Lipinski definition) is 5. The third-order valence-electron chi connectivity index (χ3n) is 3.17. The fourth-order valence-corrected chi connectivity index (χ4v) is 2.84. The van der Waals surface area contributed by atoms with E-state index in [0.717, 1.165) is 27.8 Å². The van der Waals surface area contributed by atoms with Gasteiger partial charge in [0.25, 0.3) is 0 Å². The Morgan fingerprint density at radius 1 is 1.27 bits per heavy atom. The number of anilines is 1. The Morgan fingerprint density at radius 3 is 2.95 bits per heavy atom. The maximum atomic E-state index is 13.2. The Hall–Kier alpha value is -2.28. The van der Waals surface area contributed by atoms with Crippen LogP contribution in [0.4, 0.5) is 9.52 Å². The first-order chi connectivity index (χ1) is 10.7. The van der Waals surface area contributed by atoms with Gasteiger partial charge in [-0.25, -0.2) is 4.39 Å². The molecule has 3 rings (SSSR count). The number of halogens is 1. The summed E-state index contributed by atoms with van der Waals surface area (Å²) in [7, 11) is 0. The van der Waals surface area contributed by atoms with Gasteiger partial charge in [0.2, 0.25) is 5.13 Å². The first-order valence-corrected chi connectivity index (χ1v) is 7.86. The molecule has 0 aliphatic rings. The van der Waals surface area contributed by atoms with E-state index in [1.54, 1.807) is 6.07 Å². The van der Waals surface area contributed by atoms with E-state index in [-0.39, 0.29) is 5.82 Å². The molecule has 0 aliphatic carbocycles. The Kier molecular flexibility index (Phi) is 4.43. The van der Waals surface area contributed by atoms with Gasteiger partial charge in [-0.05, 0) is 24.6 Å². The summed E-state index contributed by atoms with van der Waals surface area (Å²) < 4.78 is 15.0. The second kappa shape index (κ2) is 6.65. The molecule has 7 heteroatoms. The first kappa shape index (κ1) is 14.6. The van der Waals surface area contributed by atoms with Crippen molar-refractivity contribution in [2.24, 2.45) is 0 Å². The van der Waals surface area contributed by atoms with Crippen LogP contribution in [-0.4, -0.2) is 20.0 Å². The zero-order chi connectivity index (χ0) is 15.4. The third kappa shape index (κ3) is 3.67. The van der Waals surface area contributed by atoms with Crippen molar-refractivity contribution < 1.29 is 4.39 Å². The van der Waals surface area contributed by atoms with E-state index >= 15 is 0 Å². The van der Waals surface area contributed by atoms with Crippen molar-refractivity contribution in [2.45, 2.75) is 26.4 Å². The number of nitrogens with zero attached hydrogens (tertiary/aromatic N) is 4. The van der Waals surface area contributed by atoms with E-state index in [9.17, 15) is 4.39 Å². The summed E-state index contributed by atoms with van der Waals surface area (Å²) in [5, 5.41) is 17.3. The fraction of sp³-hybridized carbons (Fsp3) is 0.267. The fourth-order valence-electron chi connectivity index (χ4n) is 2.07. The highest BCUT2D eigenvalue weighted by Crippen LogP contribution is 2.19. The van der Waals surface area contributed by atoms with Gasteiger partial charge in [-0.15, -0.1) is 10.2 Å². The summed E-state index contributed by atoms with van der Waals surface area (Å²) in [6.07, 6.45) is 4.43. The van der Waals surface area contributed by atoms with Crippen molar-refractivity contribution in [3.8, 4) is 0 Å². The van der Waals surface area contributed by atoms with Gasteiger partial charge >= 0.3 is 0 Å². The van der Waals surface area contributed by atoms with Crippen LogP contribution in [0.1, 0.15) is 23.1 Å². The average Bonchev–Trinajstić information content (AvgIpc) is 3.14. The predicted molar refractivity (Wildman–Crippen MR) is 84.3 cm³/mol. The van der Waals surface area contributed by atoms with E-state index in [1.165, 1.54) is 23.5 Å². The van der Waals surface area contributed by atoms with Crippen molar-refractivity contribution in [1.82, 2.24) is 20.0 Å². The lowest BCUT2D eigenvalue weighted by Gasteiger charge is -1.98. The standard InChI is InChI=1S/C15H16FN5S/c1-2-21-10-12(9-18-21)8-17-15-20-19-14(22-15)7-11-4-3-5-13(16)6-11/h3-6,9-10H,2,7-8H2,1H3,(H,17,20). The van der Waals surface area contributed by atoms with Gasteiger partial charge in [0.05, 0.1) is 6.20 Å². The van der Waals surface area contributed by atoms with Crippen LogP contribution < -0.4 is 5.32 Å². The van der Waals surface area contributed by atoms with Crippen molar-refractivity contribution in [1.29, 1.82) is 0 Å². The molecule has 22 heavy (non-hydrogen) atoms. The van der Waals surface area contributed by atoms with Crippen LogP contribution >= 0.6 is 11.3 Å². The van der Waals surface area contributed by atoms with Crippen molar-refractivity contribution in [2.75, 3.05) is 5.32 Å². The molecule has 0 aliphatic heterocycles. The van der Waals surface area contributed by atoms with Gasteiger partial charge in [-0.1, -0.05) is 23.5 Å². The van der Waals surface area contributed by atoms with E-state index in [2.05, 4.69) is 20.6 Å². The van der Waals surface area contributed by atoms with Gasteiger partial charge in [-0.3, -0.25) is 4.68 Å². The summed E-state index contributed by atoms with van der Waals surface area (Å²) >= 11 is 1.48. The van der Waals surface area contributed by atoms with Gasteiger partial charge in [0.15, 0.2) is 0 Å². The summed E-state index contributed by atoms with van der Waals surface area (Å²) in [5.74, 6) is -0.228. The molecule has 1 N–H and O–H groups in total. The molecule has 1 aromatic carbocycles. The summed E-state index contributed by atoms with van der Waals surface area (Å²) in [5.41, 5.74) is 2.00. The molecule has 5 nitrogen and oxygen atoms in total. The molecule has 0 atom stereocenters. The molecule has 114 valence electrons. The Labute approximate surface area is 131 Å². The quantitative estimate of drug-likeness (QED) is 0.759. The molecule has 0 unspecified atom stereocenters. The SMILES string of the molecule is CCn1cc(CNc2nnc(Cc3cccc(F)c3)s2)cn1. The van der Waals surface area contributed by atoms with Gasteiger partial charge in [-0.2, -0.15) is 5.10 Å². The number of rotatable bonds is 6. The summed E-state index contributed by atoms with van der Waals surface area (Å²) in [6.45, 7) is 3.57. The Balaban J connectivity index is 1.59. The molecule has 3 aromatic rings. The number of benzene rings is 1. The van der Waals surface area contributed by atoms with Crippen LogP contribution in [0.5, 0.6) is 0 Å². The van der Waals surface area contributed by atoms with Crippen LogP contribution in [0.15, 0.2) is 36.7 Å². The highest BCUT2D eigenvalue weighted by Gasteiger charge is 2.06. The number of hydrogen-bond donors (Lipinski definition) is 1. The zero-order valence-electron chi connectivity index (χ0n) is 12.2. The maximum Gasteiger partial charge on any atom is 0.205 e. The molecule has 0 spiro atoms. The number of aromatic nitrogens is 4. The molecule has 2 heterocycles. The molecular weight excluding hydrogens is 301 g/mol. The Morgan fingerprint density at radius 2 is 2.18 bits per heavy atom. The molecule has 2 aromatic heterocycles. The van der Waals surface area contributed by atoms with Gasteiger partial charge < -0.3 is 5.32 Å². The second-order valence-corrected chi connectivity index (χ2v) is 5.93. The van der Waals surface area contributed by atoms with Gasteiger partial charge in [0.1, 0.15) is 10.8 Å². The molecule has 0 saturated carbocycles. The van der Waals surface area contributed by atoms with Crippen LogP contribution in [0.3, 0.4) is 0 Å². The predicted octanol–water partition coefficient (Wildman–Crippen LogP) is 3.10. The maximum absolute atomic E-state index is 13.2. The minimum atomic E-state index is -0.228. The number of aryl methyl sites for hydroxylation is 1. The van der Waals surface area contributed by atoms with Crippen molar-refractivity contribution in [3.63, 3.8) is 0 Å². The second-order valence-electron chi connectivity index (χ2n) is 4.87. The van der Waals surface area contributed by atoms with E-state index in [4.69, 9.17) is 0 Å². The normalized spacial score (nSPS) is 10.8. The van der Waals surface area contributed by atoms with Crippen LogP contribution in [0.25, 0.3) is 0 Å². The van der Waals surface area contributed by atoms with E-state index in [1.807, 2.05) is 30.1 Å². The zero-order valence-corrected chi connectivity index (χ0v) is 13.0. The van der Waals surface area contributed by atoms with E-state index < -0.39 is 0 Å². The highest BCUT2D eigenvalue weighted by atomic mass is 32.1. The summed E-state index contributed by atoms with van der Waals surface area (Å²) in [4.78, 5) is 0. The first-order valence-electron chi connectivity index (χ1n) is 7.05.